The first-order chi connectivity index (χ1) is 13.1. The van der Waals surface area contributed by atoms with Crippen molar-refractivity contribution in [3.63, 3.8) is 0 Å². The molecule has 2 aliphatic heterocycles. The lowest BCUT2D eigenvalue weighted by Gasteiger charge is -2.39. The average molecular weight is 370 g/mol. The van der Waals surface area contributed by atoms with E-state index in [1.54, 1.807) is 7.11 Å². The highest BCUT2D eigenvalue weighted by Crippen LogP contribution is 2.41. The molecule has 2 amide bonds. The van der Waals surface area contributed by atoms with Crippen molar-refractivity contribution < 1.29 is 14.3 Å². The molecule has 4 rings (SSSR count). The summed E-state index contributed by atoms with van der Waals surface area (Å²) in [5.74, 6) is 2.05. The van der Waals surface area contributed by atoms with Crippen molar-refractivity contribution in [3.8, 4) is 5.75 Å². The average Bonchev–Trinajstić information content (AvgIpc) is 3.41. The molecule has 3 fully saturated rings. The van der Waals surface area contributed by atoms with Crippen LogP contribution in [0.3, 0.4) is 0 Å². The number of aryl methyl sites for hydroxylation is 1. The Morgan fingerprint density at radius 1 is 1.19 bits per heavy atom. The molecule has 0 bridgehead atoms. The number of carbonyl (C=O) groups is 2. The second kappa shape index (κ2) is 7.53. The fraction of sp³-hybridized carbons (Fsp3) is 0.636. The van der Waals surface area contributed by atoms with Gasteiger partial charge in [-0.1, -0.05) is 12.1 Å². The maximum Gasteiger partial charge on any atom is 0.230 e. The van der Waals surface area contributed by atoms with Crippen LogP contribution in [0.15, 0.2) is 24.3 Å². The van der Waals surface area contributed by atoms with Crippen molar-refractivity contribution in [1.29, 1.82) is 0 Å². The van der Waals surface area contributed by atoms with E-state index < -0.39 is 0 Å². The maximum atomic E-state index is 13.1. The summed E-state index contributed by atoms with van der Waals surface area (Å²) in [5, 5.41) is 0. The lowest BCUT2D eigenvalue weighted by atomic mass is 9.78. The van der Waals surface area contributed by atoms with Crippen molar-refractivity contribution in [2.75, 3.05) is 33.3 Å². The molecule has 146 valence electrons. The summed E-state index contributed by atoms with van der Waals surface area (Å²) >= 11 is 0. The number of methoxy groups -OCH3 is 1. The third-order valence-electron chi connectivity index (χ3n) is 6.49. The van der Waals surface area contributed by atoms with Crippen LogP contribution >= 0.6 is 0 Å². The van der Waals surface area contributed by atoms with E-state index in [0.29, 0.717) is 18.9 Å². The molecule has 5 heteroatoms. The zero-order chi connectivity index (χ0) is 18.9. The molecule has 0 unspecified atom stereocenters. The summed E-state index contributed by atoms with van der Waals surface area (Å²) in [4.78, 5) is 29.8. The molecule has 27 heavy (non-hydrogen) atoms. The molecule has 1 saturated carbocycles. The summed E-state index contributed by atoms with van der Waals surface area (Å²) in [7, 11) is 1.65. The van der Waals surface area contributed by atoms with Gasteiger partial charge in [0, 0.05) is 32.6 Å². The zero-order valence-corrected chi connectivity index (χ0v) is 16.3. The van der Waals surface area contributed by atoms with Gasteiger partial charge in [0.2, 0.25) is 11.8 Å². The molecule has 5 nitrogen and oxygen atoms in total. The third kappa shape index (κ3) is 3.97. The summed E-state index contributed by atoms with van der Waals surface area (Å²) in [6.45, 7) is 3.19. The molecule has 0 aromatic heterocycles. The molecule has 2 saturated heterocycles. The Morgan fingerprint density at radius 3 is 2.67 bits per heavy atom. The molecule has 1 atom stereocenters. The minimum Gasteiger partial charge on any atom is -0.497 e. The van der Waals surface area contributed by atoms with Crippen molar-refractivity contribution in [2.24, 2.45) is 11.3 Å². The fourth-order valence-electron chi connectivity index (χ4n) is 4.60. The van der Waals surface area contributed by atoms with Gasteiger partial charge in [0.25, 0.3) is 0 Å². The van der Waals surface area contributed by atoms with Gasteiger partial charge in [-0.25, -0.2) is 0 Å². The van der Waals surface area contributed by atoms with Gasteiger partial charge in [-0.15, -0.1) is 0 Å². The number of hydrogen-bond acceptors (Lipinski definition) is 3. The number of carbonyl (C=O) groups excluding carboxylic acids is 2. The monoisotopic (exact) mass is 370 g/mol. The van der Waals surface area contributed by atoms with Crippen LogP contribution in [0.2, 0.25) is 0 Å². The number of amides is 2. The van der Waals surface area contributed by atoms with Gasteiger partial charge in [0.1, 0.15) is 5.75 Å². The minimum absolute atomic E-state index is 0.176. The molecule has 1 aromatic rings. The molecule has 2 heterocycles. The van der Waals surface area contributed by atoms with Crippen LogP contribution in [0, 0.1) is 11.3 Å². The van der Waals surface area contributed by atoms with Crippen LogP contribution in [0.25, 0.3) is 0 Å². The number of likely N-dealkylation sites (tertiary alicyclic amines) is 2. The fourth-order valence-corrected chi connectivity index (χ4v) is 4.60. The van der Waals surface area contributed by atoms with E-state index in [0.717, 1.165) is 62.5 Å². The predicted molar refractivity (Wildman–Crippen MR) is 103 cm³/mol. The number of nitrogens with zero attached hydrogens (tertiary/aromatic N) is 2. The molecule has 1 aliphatic carbocycles. The van der Waals surface area contributed by atoms with E-state index in [4.69, 9.17) is 4.74 Å². The highest BCUT2D eigenvalue weighted by Gasteiger charge is 2.49. The Balaban J connectivity index is 1.32. The Labute approximate surface area is 161 Å². The SMILES string of the molecule is COc1ccc(CCC(=O)N2CC[C@@]3(CCCN(CC4CC4)C3=O)C2)cc1. The lowest BCUT2D eigenvalue weighted by Crippen LogP contribution is -2.50. The molecular weight excluding hydrogens is 340 g/mol. The molecule has 0 N–H and O–H groups in total. The van der Waals surface area contributed by atoms with E-state index in [2.05, 4.69) is 4.90 Å². The van der Waals surface area contributed by atoms with Crippen LogP contribution in [0.1, 0.15) is 44.1 Å². The summed E-state index contributed by atoms with van der Waals surface area (Å²) in [6.07, 6.45) is 6.62. The van der Waals surface area contributed by atoms with E-state index in [1.807, 2.05) is 29.2 Å². The smallest absolute Gasteiger partial charge is 0.230 e. The van der Waals surface area contributed by atoms with Crippen LogP contribution in [-0.2, 0) is 16.0 Å². The first-order valence-electron chi connectivity index (χ1n) is 10.3. The van der Waals surface area contributed by atoms with Gasteiger partial charge < -0.3 is 14.5 Å². The Kier molecular flexibility index (Phi) is 5.11. The first-order valence-corrected chi connectivity index (χ1v) is 10.3. The highest BCUT2D eigenvalue weighted by molar-refractivity contribution is 5.86. The zero-order valence-electron chi connectivity index (χ0n) is 16.3. The molecule has 1 aromatic carbocycles. The van der Waals surface area contributed by atoms with E-state index in [-0.39, 0.29) is 11.3 Å². The topological polar surface area (TPSA) is 49.9 Å². The molecule has 1 spiro atoms. The van der Waals surface area contributed by atoms with Crippen molar-refractivity contribution in [2.45, 2.75) is 44.9 Å². The van der Waals surface area contributed by atoms with E-state index in [9.17, 15) is 9.59 Å². The number of benzene rings is 1. The number of piperidine rings is 1. The molecule has 0 radical (unpaired) electrons. The first kappa shape index (κ1) is 18.3. The molecule has 3 aliphatic rings. The van der Waals surface area contributed by atoms with Gasteiger partial charge in [-0.05, 0) is 62.1 Å². The lowest BCUT2D eigenvalue weighted by molar-refractivity contribution is -0.146. The summed E-state index contributed by atoms with van der Waals surface area (Å²) in [5.41, 5.74) is 0.838. The second-order valence-corrected chi connectivity index (χ2v) is 8.49. The summed E-state index contributed by atoms with van der Waals surface area (Å²) < 4.78 is 5.18. The Morgan fingerprint density at radius 2 is 1.96 bits per heavy atom. The van der Waals surface area contributed by atoms with Gasteiger partial charge in [-0.2, -0.15) is 0 Å². The Hall–Kier alpha value is -2.04. The predicted octanol–water partition coefficient (Wildman–Crippen LogP) is 2.88. The van der Waals surface area contributed by atoms with Gasteiger partial charge in [0.05, 0.1) is 12.5 Å². The number of rotatable bonds is 6. The maximum absolute atomic E-state index is 13.1. The second-order valence-electron chi connectivity index (χ2n) is 8.49. The van der Waals surface area contributed by atoms with E-state index >= 15 is 0 Å². The van der Waals surface area contributed by atoms with Crippen molar-refractivity contribution in [1.82, 2.24) is 9.80 Å². The minimum atomic E-state index is -0.303. The largest absolute Gasteiger partial charge is 0.497 e. The summed E-state index contributed by atoms with van der Waals surface area (Å²) in [6, 6.07) is 7.88. The number of ether oxygens (including phenoxy) is 1. The third-order valence-corrected chi connectivity index (χ3v) is 6.49. The quantitative estimate of drug-likeness (QED) is 0.774. The van der Waals surface area contributed by atoms with Crippen LogP contribution in [-0.4, -0.2) is 54.9 Å². The highest BCUT2D eigenvalue weighted by atomic mass is 16.5. The normalized spacial score (nSPS) is 25.3. The van der Waals surface area contributed by atoms with Crippen LogP contribution in [0.5, 0.6) is 5.75 Å². The van der Waals surface area contributed by atoms with Crippen LogP contribution < -0.4 is 4.74 Å². The Bertz CT molecular complexity index is 698. The van der Waals surface area contributed by atoms with Gasteiger partial charge in [0.15, 0.2) is 0 Å². The van der Waals surface area contributed by atoms with Crippen LogP contribution in [0.4, 0.5) is 0 Å². The number of hydrogen-bond donors (Lipinski definition) is 0. The van der Waals surface area contributed by atoms with Crippen molar-refractivity contribution >= 4 is 11.8 Å². The molecular formula is C22H30N2O3. The van der Waals surface area contributed by atoms with Crippen molar-refractivity contribution in [3.05, 3.63) is 29.8 Å². The van der Waals surface area contributed by atoms with Gasteiger partial charge >= 0.3 is 0 Å². The van der Waals surface area contributed by atoms with E-state index in [1.165, 1.54) is 12.8 Å². The van der Waals surface area contributed by atoms with Gasteiger partial charge in [-0.3, -0.25) is 9.59 Å². The standard InChI is InChI=1S/C22H30N2O3/c1-27-19-8-5-17(6-9-19)7-10-20(25)24-14-12-22(16-24)11-2-13-23(21(22)26)15-18-3-4-18/h5-6,8-9,18H,2-4,7,10-16H2,1H3/t22-/m0/s1.